The van der Waals surface area contributed by atoms with Crippen molar-refractivity contribution < 1.29 is 17.7 Å². The van der Waals surface area contributed by atoms with Gasteiger partial charge in [0.2, 0.25) is 5.76 Å². The molecule has 0 bridgehead atoms. The van der Waals surface area contributed by atoms with Crippen LogP contribution >= 0.6 is 11.6 Å². The second-order valence-electron chi connectivity index (χ2n) is 5.40. The number of carbonyl (C=O) groups is 1. The molecule has 26 heavy (non-hydrogen) atoms. The summed E-state index contributed by atoms with van der Waals surface area (Å²) in [6.07, 6.45) is 0. The summed E-state index contributed by atoms with van der Waals surface area (Å²) in [5, 5.41) is 6.48. The number of rotatable bonds is 5. The Hall–Kier alpha value is -2.84. The van der Waals surface area contributed by atoms with Crippen LogP contribution in [0.25, 0.3) is 0 Å². The van der Waals surface area contributed by atoms with Gasteiger partial charge < -0.3 is 9.84 Å². The van der Waals surface area contributed by atoms with Gasteiger partial charge in [0.25, 0.3) is 15.9 Å². The van der Waals surface area contributed by atoms with Gasteiger partial charge in [-0.3, -0.25) is 9.52 Å². The van der Waals surface area contributed by atoms with E-state index in [0.29, 0.717) is 11.4 Å². The number of amides is 1. The summed E-state index contributed by atoms with van der Waals surface area (Å²) in [5.74, 6) is -0.496. The molecule has 1 aromatic heterocycles. The lowest BCUT2D eigenvalue weighted by atomic mass is 10.3. The highest BCUT2D eigenvalue weighted by atomic mass is 35.5. The van der Waals surface area contributed by atoms with E-state index in [9.17, 15) is 13.2 Å². The minimum atomic E-state index is -3.88. The van der Waals surface area contributed by atoms with Crippen molar-refractivity contribution >= 4 is 38.9 Å². The highest BCUT2D eigenvalue weighted by molar-refractivity contribution is 7.92. The zero-order valence-electron chi connectivity index (χ0n) is 13.6. The van der Waals surface area contributed by atoms with Crippen LogP contribution in [0.15, 0.2) is 64.0 Å². The summed E-state index contributed by atoms with van der Waals surface area (Å²) >= 11 is 5.99. The molecule has 0 saturated carbocycles. The quantitative estimate of drug-likeness (QED) is 0.690. The first-order chi connectivity index (χ1) is 12.3. The summed E-state index contributed by atoms with van der Waals surface area (Å²) in [7, 11) is -3.88. The van der Waals surface area contributed by atoms with Crippen molar-refractivity contribution in [2.75, 3.05) is 10.0 Å². The van der Waals surface area contributed by atoms with Crippen LogP contribution in [0.5, 0.6) is 0 Å². The van der Waals surface area contributed by atoms with E-state index in [-0.39, 0.29) is 21.4 Å². The number of sulfonamides is 1. The number of benzene rings is 2. The molecule has 0 unspecified atom stereocenters. The molecule has 9 heteroatoms. The molecule has 2 aromatic carbocycles. The monoisotopic (exact) mass is 391 g/mol. The molecule has 0 atom stereocenters. The van der Waals surface area contributed by atoms with Crippen LogP contribution in [0.3, 0.4) is 0 Å². The molecule has 0 spiro atoms. The van der Waals surface area contributed by atoms with Gasteiger partial charge in [-0.25, -0.2) is 8.42 Å². The Morgan fingerprint density at radius 1 is 1.12 bits per heavy atom. The Bertz CT molecular complexity index is 1060. The van der Waals surface area contributed by atoms with E-state index in [1.165, 1.54) is 24.3 Å². The fourth-order valence-electron chi connectivity index (χ4n) is 2.15. The third-order valence-corrected chi connectivity index (χ3v) is 5.06. The third kappa shape index (κ3) is 4.04. The van der Waals surface area contributed by atoms with Gasteiger partial charge in [-0.1, -0.05) is 35.0 Å². The van der Waals surface area contributed by atoms with Crippen molar-refractivity contribution in [2.45, 2.75) is 11.8 Å². The molecule has 0 radical (unpaired) electrons. The average Bonchev–Trinajstić information content (AvgIpc) is 3.04. The summed E-state index contributed by atoms with van der Waals surface area (Å²) in [6.45, 7) is 1.69. The first-order valence-corrected chi connectivity index (χ1v) is 9.33. The van der Waals surface area contributed by atoms with Crippen LogP contribution in [-0.2, 0) is 10.0 Å². The zero-order valence-corrected chi connectivity index (χ0v) is 15.1. The molecule has 0 aliphatic rings. The Morgan fingerprint density at radius 2 is 1.88 bits per heavy atom. The number of anilines is 2. The van der Waals surface area contributed by atoms with E-state index in [1.807, 2.05) is 0 Å². The summed E-state index contributed by atoms with van der Waals surface area (Å²) < 4.78 is 32.4. The van der Waals surface area contributed by atoms with E-state index in [1.54, 1.807) is 37.3 Å². The minimum absolute atomic E-state index is 0.0241. The third-order valence-electron chi connectivity index (χ3n) is 3.37. The van der Waals surface area contributed by atoms with Gasteiger partial charge in [0.1, 0.15) is 0 Å². The fraction of sp³-hybridized carbons (Fsp3) is 0.0588. The van der Waals surface area contributed by atoms with E-state index in [0.717, 1.165) is 0 Å². The molecule has 0 aliphatic heterocycles. The first-order valence-electron chi connectivity index (χ1n) is 7.47. The molecule has 134 valence electrons. The maximum Gasteiger partial charge on any atom is 0.294 e. The van der Waals surface area contributed by atoms with E-state index in [4.69, 9.17) is 16.1 Å². The van der Waals surface area contributed by atoms with Crippen molar-refractivity contribution in [3.63, 3.8) is 0 Å². The predicted molar refractivity (Wildman–Crippen MR) is 97.9 cm³/mol. The van der Waals surface area contributed by atoms with E-state index >= 15 is 0 Å². The lowest BCUT2D eigenvalue weighted by Gasteiger charge is -2.11. The van der Waals surface area contributed by atoms with Gasteiger partial charge in [-0.05, 0) is 37.3 Å². The molecule has 3 rings (SSSR count). The Labute approximate surface area is 155 Å². The minimum Gasteiger partial charge on any atom is -0.351 e. The lowest BCUT2D eigenvalue weighted by Crippen LogP contribution is -2.15. The van der Waals surface area contributed by atoms with Crippen LogP contribution in [-0.4, -0.2) is 19.5 Å². The van der Waals surface area contributed by atoms with Crippen molar-refractivity contribution in [3.8, 4) is 0 Å². The molecule has 3 aromatic rings. The maximum absolute atomic E-state index is 12.6. The van der Waals surface area contributed by atoms with Crippen LogP contribution in [0.2, 0.25) is 5.02 Å². The van der Waals surface area contributed by atoms with Gasteiger partial charge >= 0.3 is 0 Å². The number of halogens is 1. The molecule has 0 saturated heterocycles. The van der Waals surface area contributed by atoms with Gasteiger partial charge in [0.05, 0.1) is 21.3 Å². The van der Waals surface area contributed by atoms with Crippen molar-refractivity contribution in [2.24, 2.45) is 0 Å². The van der Waals surface area contributed by atoms with Gasteiger partial charge in [-0.15, -0.1) is 0 Å². The number of aromatic nitrogens is 1. The molecule has 0 aliphatic carbocycles. The van der Waals surface area contributed by atoms with Crippen LogP contribution in [0.4, 0.5) is 11.4 Å². The Kier molecular flexibility index (Phi) is 4.97. The van der Waals surface area contributed by atoms with Crippen LogP contribution in [0.1, 0.15) is 16.2 Å². The Morgan fingerprint density at radius 3 is 2.58 bits per heavy atom. The van der Waals surface area contributed by atoms with Gasteiger partial charge in [0, 0.05) is 11.8 Å². The standard InChI is InChI=1S/C17H14ClN3O4S/c1-11-9-16(25-20-11)17(22)19-12-5-4-6-13(10-12)26(23,24)21-15-8-3-2-7-14(15)18/h2-10,21H,1H3,(H,19,22). The molecular weight excluding hydrogens is 378 g/mol. The molecule has 2 N–H and O–H groups in total. The topological polar surface area (TPSA) is 101 Å². The largest absolute Gasteiger partial charge is 0.351 e. The summed E-state index contributed by atoms with van der Waals surface area (Å²) in [5.41, 5.74) is 1.13. The normalized spacial score (nSPS) is 11.2. The first kappa shape index (κ1) is 18.0. The van der Waals surface area contributed by atoms with Crippen molar-refractivity contribution in [1.29, 1.82) is 0 Å². The lowest BCUT2D eigenvalue weighted by molar-refractivity contribution is 0.0988. The number of carbonyl (C=O) groups excluding carboxylic acids is 1. The van der Waals surface area contributed by atoms with Crippen molar-refractivity contribution in [1.82, 2.24) is 5.16 Å². The molecular formula is C17H14ClN3O4S. The maximum atomic E-state index is 12.6. The highest BCUT2D eigenvalue weighted by Crippen LogP contribution is 2.25. The molecule has 1 amide bonds. The number of hydrogen-bond acceptors (Lipinski definition) is 5. The number of aryl methyl sites for hydroxylation is 1. The zero-order chi connectivity index (χ0) is 18.7. The van der Waals surface area contributed by atoms with E-state index < -0.39 is 15.9 Å². The number of para-hydroxylation sites is 1. The summed E-state index contributed by atoms with van der Waals surface area (Å²) in [4.78, 5) is 12.1. The SMILES string of the molecule is Cc1cc(C(=O)Nc2cccc(S(=O)(=O)Nc3ccccc3Cl)c2)on1. The molecule has 7 nitrogen and oxygen atoms in total. The number of hydrogen-bond donors (Lipinski definition) is 2. The van der Waals surface area contributed by atoms with Crippen LogP contribution in [0, 0.1) is 6.92 Å². The molecule has 0 fully saturated rings. The fourth-order valence-corrected chi connectivity index (χ4v) is 3.52. The number of nitrogens with one attached hydrogen (secondary N) is 2. The highest BCUT2D eigenvalue weighted by Gasteiger charge is 2.17. The van der Waals surface area contributed by atoms with Crippen molar-refractivity contribution in [3.05, 3.63) is 71.1 Å². The van der Waals surface area contributed by atoms with E-state index in [2.05, 4.69) is 15.2 Å². The number of nitrogens with zero attached hydrogens (tertiary/aromatic N) is 1. The average molecular weight is 392 g/mol. The smallest absolute Gasteiger partial charge is 0.294 e. The molecule has 1 heterocycles. The van der Waals surface area contributed by atoms with Crippen LogP contribution < -0.4 is 10.0 Å². The Balaban J connectivity index is 1.82. The summed E-state index contributed by atoms with van der Waals surface area (Å²) in [6, 6.07) is 13.8. The second kappa shape index (κ2) is 7.19. The predicted octanol–water partition coefficient (Wildman–Crippen LogP) is 3.69. The van der Waals surface area contributed by atoms with Gasteiger partial charge in [0.15, 0.2) is 0 Å². The second-order valence-corrected chi connectivity index (χ2v) is 7.49. The van der Waals surface area contributed by atoms with Gasteiger partial charge in [-0.2, -0.15) is 0 Å².